The van der Waals surface area contributed by atoms with Gasteiger partial charge in [-0.3, -0.25) is 4.68 Å². The van der Waals surface area contributed by atoms with Crippen LogP contribution in [0.2, 0.25) is 0 Å². The standard InChI is InChI=1S/C11H14ClN3S/c12-5-1-2-11-8-15(14-13-11)6-3-10-4-7-16-9-10/h4,7-9H,1-3,5-6H2. The maximum absolute atomic E-state index is 5.63. The average molecular weight is 256 g/mol. The molecular weight excluding hydrogens is 242 g/mol. The van der Waals surface area contributed by atoms with Crippen LogP contribution in [0.15, 0.2) is 23.0 Å². The van der Waals surface area contributed by atoms with Gasteiger partial charge in [0.15, 0.2) is 0 Å². The Bertz CT molecular complexity index is 411. The molecule has 0 radical (unpaired) electrons. The second-order valence-corrected chi connectivity index (χ2v) is 4.81. The zero-order chi connectivity index (χ0) is 11.2. The van der Waals surface area contributed by atoms with E-state index in [0.717, 1.165) is 31.5 Å². The Hall–Kier alpha value is -0.870. The second kappa shape index (κ2) is 6.01. The number of halogens is 1. The Morgan fingerprint density at radius 3 is 3.06 bits per heavy atom. The van der Waals surface area contributed by atoms with Gasteiger partial charge in [-0.25, -0.2) is 0 Å². The second-order valence-electron chi connectivity index (χ2n) is 3.65. The van der Waals surface area contributed by atoms with Crippen molar-refractivity contribution in [1.29, 1.82) is 0 Å². The van der Waals surface area contributed by atoms with Gasteiger partial charge in [-0.05, 0) is 41.7 Å². The van der Waals surface area contributed by atoms with Crippen molar-refractivity contribution in [1.82, 2.24) is 15.0 Å². The maximum Gasteiger partial charge on any atom is 0.0827 e. The number of thiophene rings is 1. The first-order valence-electron chi connectivity index (χ1n) is 5.34. The number of aromatic nitrogens is 3. The Morgan fingerprint density at radius 1 is 1.38 bits per heavy atom. The predicted octanol–water partition coefficient (Wildman–Crippen LogP) is 2.75. The van der Waals surface area contributed by atoms with E-state index in [4.69, 9.17) is 11.6 Å². The summed E-state index contributed by atoms with van der Waals surface area (Å²) in [7, 11) is 0. The largest absolute Gasteiger partial charge is 0.252 e. The molecule has 0 aliphatic heterocycles. The Balaban J connectivity index is 1.83. The summed E-state index contributed by atoms with van der Waals surface area (Å²) in [5.74, 6) is 0.682. The molecule has 2 aromatic heterocycles. The molecule has 0 bridgehead atoms. The van der Waals surface area contributed by atoms with Crippen molar-refractivity contribution in [3.05, 3.63) is 34.3 Å². The summed E-state index contributed by atoms with van der Waals surface area (Å²) in [4.78, 5) is 0. The monoisotopic (exact) mass is 255 g/mol. The molecule has 0 amide bonds. The first kappa shape index (κ1) is 11.6. The van der Waals surface area contributed by atoms with Crippen LogP contribution in [-0.4, -0.2) is 20.9 Å². The van der Waals surface area contributed by atoms with E-state index in [1.807, 2.05) is 10.9 Å². The van der Waals surface area contributed by atoms with E-state index in [2.05, 4.69) is 27.1 Å². The van der Waals surface area contributed by atoms with Crippen LogP contribution in [-0.2, 0) is 19.4 Å². The molecule has 0 aliphatic carbocycles. The van der Waals surface area contributed by atoms with Crippen molar-refractivity contribution in [2.45, 2.75) is 25.8 Å². The molecule has 0 saturated carbocycles. The van der Waals surface area contributed by atoms with Crippen LogP contribution in [0, 0.1) is 0 Å². The van der Waals surface area contributed by atoms with Crippen LogP contribution in [0.5, 0.6) is 0 Å². The molecule has 5 heteroatoms. The molecular formula is C11H14ClN3S. The third kappa shape index (κ3) is 3.32. The summed E-state index contributed by atoms with van der Waals surface area (Å²) in [5, 5.41) is 12.5. The molecule has 2 rings (SSSR count). The zero-order valence-electron chi connectivity index (χ0n) is 8.97. The molecule has 2 heterocycles. The van der Waals surface area contributed by atoms with Gasteiger partial charge in [-0.1, -0.05) is 5.21 Å². The number of rotatable bonds is 6. The summed E-state index contributed by atoms with van der Waals surface area (Å²) in [6.07, 6.45) is 4.91. The quantitative estimate of drug-likeness (QED) is 0.743. The van der Waals surface area contributed by atoms with Gasteiger partial charge in [0.05, 0.1) is 5.69 Å². The van der Waals surface area contributed by atoms with Crippen LogP contribution >= 0.6 is 22.9 Å². The molecule has 0 atom stereocenters. The fourth-order valence-corrected chi connectivity index (χ4v) is 2.33. The highest BCUT2D eigenvalue weighted by Crippen LogP contribution is 2.07. The summed E-state index contributed by atoms with van der Waals surface area (Å²) in [6.45, 7) is 0.893. The van der Waals surface area contributed by atoms with Crippen LogP contribution in [0.4, 0.5) is 0 Å². The summed E-state index contributed by atoms with van der Waals surface area (Å²) in [5.41, 5.74) is 2.40. The molecule has 0 aromatic carbocycles. The molecule has 0 N–H and O–H groups in total. The van der Waals surface area contributed by atoms with Crippen molar-refractivity contribution in [3.63, 3.8) is 0 Å². The van der Waals surface area contributed by atoms with Crippen molar-refractivity contribution in [2.75, 3.05) is 5.88 Å². The van der Waals surface area contributed by atoms with Crippen molar-refractivity contribution in [3.8, 4) is 0 Å². The topological polar surface area (TPSA) is 30.7 Å². The minimum atomic E-state index is 0.682. The fourth-order valence-electron chi connectivity index (χ4n) is 1.49. The van der Waals surface area contributed by atoms with E-state index in [-0.39, 0.29) is 0 Å². The van der Waals surface area contributed by atoms with Gasteiger partial charge < -0.3 is 0 Å². The number of aryl methyl sites for hydroxylation is 3. The summed E-state index contributed by atoms with van der Waals surface area (Å²) < 4.78 is 1.90. The predicted molar refractivity (Wildman–Crippen MR) is 67.1 cm³/mol. The van der Waals surface area contributed by atoms with E-state index in [0.29, 0.717) is 5.88 Å². The molecule has 0 aliphatic rings. The smallest absolute Gasteiger partial charge is 0.0827 e. The molecule has 86 valence electrons. The minimum Gasteiger partial charge on any atom is -0.252 e. The van der Waals surface area contributed by atoms with Gasteiger partial charge in [0.25, 0.3) is 0 Å². The molecule has 16 heavy (non-hydrogen) atoms. The van der Waals surface area contributed by atoms with Gasteiger partial charge in [0.1, 0.15) is 0 Å². The Kier molecular flexibility index (Phi) is 4.36. The van der Waals surface area contributed by atoms with Gasteiger partial charge in [0.2, 0.25) is 0 Å². The Morgan fingerprint density at radius 2 is 2.31 bits per heavy atom. The van der Waals surface area contributed by atoms with Gasteiger partial charge in [-0.2, -0.15) is 11.3 Å². The summed E-state index contributed by atoms with van der Waals surface area (Å²) >= 11 is 7.36. The third-order valence-corrected chi connectivity index (χ3v) is 3.36. The Labute approximate surface area is 104 Å². The van der Waals surface area contributed by atoms with Crippen molar-refractivity contribution < 1.29 is 0 Å². The third-order valence-electron chi connectivity index (χ3n) is 2.36. The average Bonchev–Trinajstić information content (AvgIpc) is 2.95. The minimum absolute atomic E-state index is 0.682. The normalized spacial score (nSPS) is 10.8. The number of hydrogen-bond donors (Lipinski definition) is 0. The zero-order valence-corrected chi connectivity index (χ0v) is 10.5. The lowest BCUT2D eigenvalue weighted by Crippen LogP contribution is -2.01. The maximum atomic E-state index is 5.63. The van der Waals surface area contributed by atoms with Crippen molar-refractivity contribution in [2.24, 2.45) is 0 Å². The highest BCUT2D eigenvalue weighted by Gasteiger charge is 2.01. The van der Waals surface area contributed by atoms with Crippen LogP contribution in [0.25, 0.3) is 0 Å². The van der Waals surface area contributed by atoms with E-state index in [1.54, 1.807) is 11.3 Å². The van der Waals surface area contributed by atoms with Crippen molar-refractivity contribution >= 4 is 22.9 Å². The molecule has 0 fully saturated rings. The molecule has 0 spiro atoms. The molecule has 0 unspecified atom stereocenters. The van der Waals surface area contributed by atoms with Gasteiger partial charge in [-0.15, -0.1) is 16.7 Å². The fraction of sp³-hybridized carbons (Fsp3) is 0.455. The highest BCUT2D eigenvalue weighted by atomic mass is 35.5. The number of hydrogen-bond acceptors (Lipinski definition) is 3. The molecule has 3 nitrogen and oxygen atoms in total. The van der Waals surface area contributed by atoms with Gasteiger partial charge in [0, 0.05) is 18.6 Å². The lowest BCUT2D eigenvalue weighted by atomic mass is 10.2. The van der Waals surface area contributed by atoms with E-state index < -0.39 is 0 Å². The van der Waals surface area contributed by atoms with E-state index in [9.17, 15) is 0 Å². The van der Waals surface area contributed by atoms with E-state index in [1.165, 1.54) is 5.56 Å². The first-order valence-corrected chi connectivity index (χ1v) is 6.82. The van der Waals surface area contributed by atoms with Crippen LogP contribution in [0.1, 0.15) is 17.7 Å². The lowest BCUT2D eigenvalue weighted by molar-refractivity contribution is 0.589. The molecule has 2 aromatic rings. The van der Waals surface area contributed by atoms with Gasteiger partial charge >= 0.3 is 0 Å². The number of nitrogens with zero attached hydrogens (tertiary/aromatic N) is 3. The number of alkyl halides is 1. The first-order chi connectivity index (χ1) is 7.88. The van der Waals surface area contributed by atoms with E-state index >= 15 is 0 Å². The van der Waals surface area contributed by atoms with Crippen LogP contribution in [0.3, 0.4) is 0 Å². The highest BCUT2D eigenvalue weighted by molar-refractivity contribution is 7.07. The SMILES string of the molecule is ClCCCc1cn(CCc2ccsc2)nn1. The summed E-state index contributed by atoms with van der Waals surface area (Å²) in [6, 6.07) is 2.15. The molecule has 0 saturated heterocycles. The van der Waals surface area contributed by atoms with Crippen LogP contribution < -0.4 is 0 Å². The lowest BCUT2D eigenvalue weighted by Gasteiger charge is -1.97.